The van der Waals surface area contributed by atoms with Crippen LogP contribution in [-0.2, 0) is 16.4 Å². The molecular formula is C30H42N2O4S. The number of carbonyl (C=O) groups excluding carboxylic acids is 1. The molecule has 2 aromatic carbocycles. The lowest BCUT2D eigenvalue weighted by molar-refractivity contribution is 0.0916. The molecule has 37 heavy (non-hydrogen) atoms. The van der Waals surface area contributed by atoms with Crippen molar-refractivity contribution in [3.05, 3.63) is 64.7 Å². The Hall–Kier alpha value is -2.22. The van der Waals surface area contributed by atoms with Crippen molar-refractivity contribution < 1.29 is 18.3 Å². The lowest BCUT2D eigenvalue weighted by Crippen LogP contribution is -2.32. The molecule has 0 bridgehead atoms. The number of amides is 1. The summed E-state index contributed by atoms with van der Waals surface area (Å²) in [6.07, 6.45) is 5.26. The highest BCUT2D eigenvalue weighted by Gasteiger charge is 2.34. The van der Waals surface area contributed by atoms with Crippen molar-refractivity contribution in [2.24, 2.45) is 17.8 Å². The van der Waals surface area contributed by atoms with Gasteiger partial charge in [0, 0.05) is 24.7 Å². The van der Waals surface area contributed by atoms with E-state index in [0.29, 0.717) is 23.1 Å². The summed E-state index contributed by atoms with van der Waals surface area (Å²) in [7, 11) is -3.30. The number of nitrogens with one attached hydrogen (secondary N) is 1. The highest BCUT2D eigenvalue weighted by atomic mass is 32.2. The smallest absolute Gasteiger partial charge is 0.251 e. The summed E-state index contributed by atoms with van der Waals surface area (Å²) in [5.74, 6) is 1.87. The Labute approximate surface area is 222 Å². The third-order valence-electron chi connectivity index (χ3n) is 8.26. The predicted octanol–water partition coefficient (Wildman–Crippen LogP) is 5.28. The molecule has 4 rings (SSSR count). The third kappa shape index (κ3) is 6.27. The molecule has 1 aliphatic heterocycles. The number of hydrogen-bond donors (Lipinski definition) is 2. The highest BCUT2D eigenvalue weighted by molar-refractivity contribution is 7.91. The number of carbonyl (C=O) groups is 1. The largest absolute Gasteiger partial charge is 0.394 e. The van der Waals surface area contributed by atoms with Gasteiger partial charge in [-0.2, -0.15) is 0 Å². The van der Waals surface area contributed by atoms with Gasteiger partial charge in [0.15, 0.2) is 9.84 Å². The van der Waals surface area contributed by atoms with E-state index in [2.05, 4.69) is 37.1 Å². The second kappa shape index (κ2) is 11.7. The predicted molar refractivity (Wildman–Crippen MR) is 147 cm³/mol. The maximum absolute atomic E-state index is 13.2. The first kappa shape index (κ1) is 27.8. The van der Waals surface area contributed by atoms with Crippen LogP contribution in [0.3, 0.4) is 0 Å². The molecule has 2 N–H and O–H groups in total. The fraction of sp³-hybridized carbons (Fsp3) is 0.567. The third-order valence-corrected chi connectivity index (χ3v) is 10.0. The molecular weight excluding hydrogens is 484 g/mol. The molecule has 2 aliphatic rings. The maximum Gasteiger partial charge on any atom is 0.251 e. The second-order valence-electron chi connectivity index (χ2n) is 11.3. The Morgan fingerprint density at radius 3 is 2.35 bits per heavy atom. The average Bonchev–Trinajstić information content (AvgIpc) is 3.25. The van der Waals surface area contributed by atoms with E-state index in [4.69, 9.17) is 0 Å². The van der Waals surface area contributed by atoms with Crippen LogP contribution in [-0.4, -0.2) is 43.2 Å². The Morgan fingerprint density at radius 1 is 1.08 bits per heavy atom. The molecule has 202 valence electrons. The van der Waals surface area contributed by atoms with E-state index in [1.165, 1.54) is 48.9 Å². The van der Waals surface area contributed by atoms with E-state index >= 15 is 0 Å². The summed E-state index contributed by atoms with van der Waals surface area (Å²) in [5, 5.41) is 12.9. The second-order valence-corrected chi connectivity index (χ2v) is 13.6. The molecule has 0 aromatic heterocycles. The number of aliphatic hydroxyl groups excluding tert-OH is 1. The van der Waals surface area contributed by atoms with Crippen LogP contribution in [0.5, 0.6) is 0 Å². The molecule has 6 nitrogen and oxygen atoms in total. The van der Waals surface area contributed by atoms with Gasteiger partial charge in [-0.25, -0.2) is 8.42 Å². The maximum atomic E-state index is 13.2. The lowest BCUT2D eigenvalue weighted by atomic mass is 9.82. The fourth-order valence-corrected chi connectivity index (χ4v) is 6.92. The zero-order valence-corrected chi connectivity index (χ0v) is 23.4. The normalized spacial score (nSPS) is 23.1. The minimum atomic E-state index is -3.30. The Kier molecular flexibility index (Phi) is 8.77. The number of aliphatic hydroxyl groups is 1. The first-order valence-electron chi connectivity index (χ1n) is 13.7. The van der Waals surface area contributed by atoms with Gasteiger partial charge in [-0.1, -0.05) is 58.7 Å². The first-order valence-corrected chi connectivity index (χ1v) is 15.4. The van der Waals surface area contributed by atoms with Crippen molar-refractivity contribution in [1.82, 2.24) is 10.2 Å². The van der Waals surface area contributed by atoms with E-state index in [-0.39, 0.29) is 23.2 Å². The van der Waals surface area contributed by atoms with Gasteiger partial charge in [0.2, 0.25) is 0 Å². The minimum Gasteiger partial charge on any atom is -0.394 e. The van der Waals surface area contributed by atoms with Crippen molar-refractivity contribution in [2.75, 3.05) is 18.9 Å². The molecule has 0 unspecified atom stereocenters. The van der Waals surface area contributed by atoms with Crippen molar-refractivity contribution >= 4 is 15.7 Å². The van der Waals surface area contributed by atoms with Gasteiger partial charge in [0.05, 0.1) is 23.3 Å². The number of sulfone groups is 1. The van der Waals surface area contributed by atoms with Crippen LogP contribution in [0.2, 0.25) is 0 Å². The number of benzene rings is 2. The lowest BCUT2D eigenvalue weighted by Gasteiger charge is -2.34. The van der Waals surface area contributed by atoms with Gasteiger partial charge in [-0.3, -0.25) is 9.69 Å². The van der Waals surface area contributed by atoms with Crippen LogP contribution < -0.4 is 5.32 Å². The number of rotatable bonds is 9. The van der Waals surface area contributed by atoms with E-state index < -0.39 is 15.9 Å². The molecule has 0 radical (unpaired) electrons. The SMILES string of the molecule is CCS(=O)(=O)c1ccc([C@H](CO)NC(=O)c2ccc3c(c2)CN(C[C@H]2CC[C@H](C)CC2)[C@@H]3C(C)C)cc1. The van der Waals surface area contributed by atoms with Crippen molar-refractivity contribution in [1.29, 1.82) is 0 Å². The summed E-state index contributed by atoms with van der Waals surface area (Å²) in [5.41, 5.74) is 3.78. The van der Waals surface area contributed by atoms with Crippen molar-refractivity contribution in [3.63, 3.8) is 0 Å². The van der Waals surface area contributed by atoms with Crippen LogP contribution in [0.1, 0.15) is 92.5 Å². The summed E-state index contributed by atoms with van der Waals surface area (Å²) in [6, 6.07) is 12.1. The Balaban J connectivity index is 1.47. The molecule has 7 heteroatoms. The Bertz CT molecular complexity index is 1180. The zero-order valence-electron chi connectivity index (χ0n) is 22.6. The molecule has 1 amide bonds. The number of fused-ring (bicyclic) bond motifs is 1. The molecule has 1 heterocycles. The van der Waals surface area contributed by atoms with Crippen molar-refractivity contribution in [2.45, 2.75) is 76.9 Å². The molecule has 1 saturated carbocycles. The van der Waals surface area contributed by atoms with Crippen molar-refractivity contribution in [3.8, 4) is 0 Å². The highest BCUT2D eigenvalue weighted by Crippen LogP contribution is 2.41. The molecule has 0 spiro atoms. The summed E-state index contributed by atoms with van der Waals surface area (Å²) in [4.78, 5) is 16.0. The standard InChI is InChI=1S/C30H42N2O4S/c1-5-37(35,36)26-13-10-23(11-14-26)28(19-33)31-30(34)24-12-15-27-25(16-24)18-32(29(27)20(2)3)17-22-8-6-21(4)7-9-22/h10-16,20-22,28-29,33H,5-9,17-19H2,1-4H3,(H,31,34)/t21-,22-,28-,29+/m0/s1. The summed E-state index contributed by atoms with van der Waals surface area (Å²) in [6.45, 7) is 10.2. The summed E-state index contributed by atoms with van der Waals surface area (Å²) >= 11 is 0. The van der Waals surface area contributed by atoms with E-state index in [1.807, 2.05) is 12.1 Å². The quantitative estimate of drug-likeness (QED) is 0.464. The fourth-order valence-electron chi connectivity index (χ4n) is 6.04. The first-order chi connectivity index (χ1) is 17.6. The van der Waals surface area contributed by atoms with Gasteiger partial charge in [-0.15, -0.1) is 0 Å². The van der Waals surface area contributed by atoms with Crippen LogP contribution in [0.15, 0.2) is 47.4 Å². The van der Waals surface area contributed by atoms with Gasteiger partial charge in [0.25, 0.3) is 5.91 Å². The molecule has 2 aromatic rings. The van der Waals surface area contributed by atoms with E-state index in [1.54, 1.807) is 19.1 Å². The monoisotopic (exact) mass is 526 g/mol. The average molecular weight is 527 g/mol. The van der Waals surface area contributed by atoms with Gasteiger partial charge in [0.1, 0.15) is 0 Å². The van der Waals surface area contributed by atoms with Crippen LogP contribution >= 0.6 is 0 Å². The van der Waals surface area contributed by atoms with Crippen LogP contribution in [0.4, 0.5) is 0 Å². The van der Waals surface area contributed by atoms with Gasteiger partial charge < -0.3 is 10.4 Å². The summed E-state index contributed by atoms with van der Waals surface area (Å²) < 4.78 is 24.2. The Morgan fingerprint density at radius 2 is 1.76 bits per heavy atom. The zero-order chi connectivity index (χ0) is 26.7. The van der Waals surface area contributed by atoms with E-state index in [9.17, 15) is 18.3 Å². The van der Waals surface area contributed by atoms with Crippen LogP contribution in [0.25, 0.3) is 0 Å². The van der Waals surface area contributed by atoms with Crippen LogP contribution in [0, 0.1) is 17.8 Å². The molecule has 1 aliphatic carbocycles. The topological polar surface area (TPSA) is 86.7 Å². The van der Waals surface area contributed by atoms with E-state index in [0.717, 1.165) is 24.9 Å². The molecule has 2 atom stereocenters. The number of hydrogen-bond acceptors (Lipinski definition) is 5. The molecule has 0 saturated heterocycles. The minimum absolute atomic E-state index is 0.0276. The van der Waals surface area contributed by atoms with Gasteiger partial charge >= 0.3 is 0 Å². The number of nitrogens with zero attached hydrogens (tertiary/aromatic N) is 1. The molecule has 1 fully saturated rings. The van der Waals surface area contributed by atoms with Gasteiger partial charge in [-0.05, 0) is 71.6 Å².